The molecule has 188 valence electrons. The molecule has 1 amide bonds. The fraction of sp³-hybridized carbons (Fsp3) is 0.259. The molecular formula is C27H26N6O3S. The first-order valence-corrected chi connectivity index (χ1v) is 13.0. The van der Waals surface area contributed by atoms with Gasteiger partial charge in [-0.15, -0.1) is 11.3 Å². The van der Waals surface area contributed by atoms with Crippen LogP contribution in [0.15, 0.2) is 54.7 Å². The Balaban J connectivity index is 1.45. The minimum absolute atomic E-state index is 0.205. The fourth-order valence-corrected chi connectivity index (χ4v) is 5.60. The summed E-state index contributed by atoms with van der Waals surface area (Å²) in [4.78, 5) is 25.9. The molecule has 5 aromatic rings. The molecule has 1 aliphatic heterocycles. The molecule has 3 N–H and O–H groups in total. The van der Waals surface area contributed by atoms with Crippen molar-refractivity contribution in [1.82, 2.24) is 25.5 Å². The third-order valence-electron chi connectivity index (χ3n) is 6.36. The molecule has 1 saturated heterocycles. The van der Waals surface area contributed by atoms with Gasteiger partial charge in [0, 0.05) is 41.0 Å². The van der Waals surface area contributed by atoms with Crippen LogP contribution >= 0.6 is 11.3 Å². The van der Waals surface area contributed by atoms with Gasteiger partial charge in [-0.05, 0) is 36.8 Å². The molecule has 0 spiro atoms. The van der Waals surface area contributed by atoms with Crippen LogP contribution in [0.2, 0.25) is 0 Å². The molecule has 9 nitrogen and oxygen atoms in total. The number of aliphatic hydroxyl groups is 1. The van der Waals surface area contributed by atoms with Gasteiger partial charge < -0.3 is 20.1 Å². The summed E-state index contributed by atoms with van der Waals surface area (Å²) in [6, 6.07) is 15.6. The Morgan fingerprint density at radius 1 is 1.19 bits per heavy atom. The molecule has 1 fully saturated rings. The molecule has 6 rings (SSSR count). The summed E-state index contributed by atoms with van der Waals surface area (Å²) in [5, 5.41) is 20.5. The molecule has 3 aromatic heterocycles. The maximum Gasteiger partial charge on any atom is 0.251 e. The van der Waals surface area contributed by atoms with E-state index in [9.17, 15) is 9.90 Å². The maximum atomic E-state index is 12.6. The van der Waals surface area contributed by atoms with Crippen molar-refractivity contribution < 1.29 is 14.6 Å². The molecule has 0 radical (unpaired) electrons. The van der Waals surface area contributed by atoms with E-state index in [0.29, 0.717) is 24.6 Å². The molecule has 37 heavy (non-hydrogen) atoms. The molecular weight excluding hydrogens is 488 g/mol. The van der Waals surface area contributed by atoms with Crippen molar-refractivity contribution in [3.8, 4) is 21.8 Å². The number of hydrogen-bond acceptors (Lipinski definition) is 8. The average Bonchev–Trinajstić information content (AvgIpc) is 3.59. The van der Waals surface area contributed by atoms with E-state index >= 15 is 0 Å². The number of amides is 1. The lowest BCUT2D eigenvalue weighted by Gasteiger charge is -2.28. The Morgan fingerprint density at radius 3 is 2.86 bits per heavy atom. The zero-order valence-corrected chi connectivity index (χ0v) is 21.1. The summed E-state index contributed by atoms with van der Waals surface area (Å²) < 4.78 is 6.60. The minimum Gasteiger partial charge on any atom is -0.392 e. The van der Waals surface area contributed by atoms with Gasteiger partial charge in [-0.25, -0.2) is 9.97 Å². The highest BCUT2D eigenvalue weighted by atomic mass is 32.1. The number of ether oxygens (including phenoxy) is 1. The first-order chi connectivity index (χ1) is 18.1. The first-order valence-electron chi connectivity index (χ1n) is 12.2. The smallest absolute Gasteiger partial charge is 0.251 e. The number of aromatic nitrogens is 4. The second kappa shape index (κ2) is 9.89. The number of nitrogens with one attached hydrogen (secondary N) is 2. The van der Waals surface area contributed by atoms with Crippen molar-refractivity contribution in [3.63, 3.8) is 0 Å². The van der Waals surface area contributed by atoms with Crippen LogP contribution in [0.25, 0.3) is 42.9 Å². The van der Waals surface area contributed by atoms with E-state index in [0.717, 1.165) is 56.0 Å². The SMILES string of the molecule is C[C@H](O)CNC(=O)c1cccc(-c2cc3nc(-c4cccc5[nH]ncc45)nc(N4CCOCC4)c3s2)c1. The van der Waals surface area contributed by atoms with Crippen molar-refractivity contribution >= 4 is 44.2 Å². The van der Waals surface area contributed by atoms with Crippen molar-refractivity contribution in [3.05, 3.63) is 60.3 Å². The molecule has 2 aromatic carbocycles. The highest BCUT2D eigenvalue weighted by molar-refractivity contribution is 7.22. The number of hydrogen-bond donors (Lipinski definition) is 3. The van der Waals surface area contributed by atoms with Crippen molar-refractivity contribution in [2.45, 2.75) is 13.0 Å². The third kappa shape index (κ3) is 4.66. The number of benzene rings is 2. The molecule has 0 bridgehead atoms. The maximum absolute atomic E-state index is 12.6. The lowest BCUT2D eigenvalue weighted by molar-refractivity contribution is 0.0924. The van der Waals surface area contributed by atoms with Gasteiger partial charge in [0.1, 0.15) is 0 Å². The zero-order valence-electron chi connectivity index (χ0n) is 20.3. The summed E-state index contributed by atoms with van der Waals surface area (Å²) in [6.45, 7) is 4.67. The van der Waals surface area contributed by atoms with Gasteiger partial charge in [0.2, 0.25) is 0 Å². The summed E-state index contributed by atoms with van der Waals surface area (Å²) in [6.07, 6.45) is 1.20. The second-order valence-electron chi connectivity index (χ2n) is 9.07. The van der Waals surface area contributed by atoms with Gasteiger partial charge in [-0.1, -0.05) is 24.3 Å². The Morgan fingerprint density at radius 2 is 2.03 bits per heavy atom. The van der Waals surface area contributed by atoms with Crippen LogP contribution < -0.4 is 10.2 Å². The molecule has 4 heterocycles. The van der Waals surface area contributed by atoms with E-state index in [-0.39, 0.29) is 12.5 Å². The van der Waals surface area contributed by atoms with Gasteiger partial charge in [-0.2, -0.15) is 5.10 Å². The normalized spacial score (nSPS) is 14.8. The van der Waals surface area contributed by atoms with Gasteiger partial charge in [-0.3, -0.25) is 9.89 Å². The summed E-state index contributed by atoms with van der Waals surface area (Å²) in [7, 11) is 0. The average molecular weight is 515 g/mol. The Hall–Kier alpha value is -3.86. The first kappa shape index (κ1) is 23.5. The molecule has 0 saturated carbocycles. The largest absolute Gasteiger partial charge is 0.392 e. The van der Waals surface area contributed by atoms with E-state index in [1.165, 1.54) is 0 Å². The van der Waals surface area contributed by atoms with E-state index < -0.39 is 6.10 Å². The number of aliphatic hydroxyl groups excluding tert-OH is 1. The molecule has 0 aliphatic carbocycles. The molecule has 1 atom stereocenters. The Kier molecular flexibility index (Phi) is 6.29. The quantitative estimate of drug-likeness (QED) is 0.315. The van der Waals surface area contributed by atoms with Crippen LogP contribution in [0, 0.1) is 0 Å². The van der Waals surface area contributed by atoms with E-state index in [4.69, 9.17) is 14.7 Å². The van der Waals surface area contributed by atoms with Crippen LogP contribution in [0.1, 0.15) is 17.3 Å². The van der Waals surface area contributed by atoms with Crippen molar-refractivity contribution in [2.24, 2.45) is 0 Å². The van der Waals surface area contributed by atoms with E-state index in [2.05, 4.69) is 26.5 Å². The monoisotopic (exact) mass is 514 g/mol. The summed E-state index contributed by atoms with van der Waals surface area (Å²) in [5.74, 6) is 1.33. The van der Waals surface area contributed by atoms with Crippen LogP contribution in [0.5, 0.6) is 0 Å². The Bertz CT molecular complexity index is 1590. The van der Waals surface area contributed by atoms with Crippen LogP contribution in [0.4, 0.5) is 5.82 Å². The number of anilines is 1. The highest BCUT2D eigenvalue weighted by Gasteiger charge is 2.21. The van der Waals surface area contributed by atoms with Gasteiger partial charge >= 0.3 is 0 Å². The summed E-state index contributed by atoms with van der Waals surface area (Å²) in [5.41, 5.74) is 4.19. The molecule has 1 aliphatic rings. The van der Waals surface area contributed by atoms with Crippen LogP contribution in [-0.2, 0) is 4.74 Å². The molecule has 10 heteroatoms. The second-order valence-corrected chi connectivity index (χ2v) is 10.1. The lowest BCUT2D eigenvalue weighted by Crippen LogP contribution is -2.36. The number of aromatic amines is 1. The number of H-pyrrole nitrogens is 1. The van der Waals surface area contributed by atoms with E-state index in [1.807, 2.05) is 36.4 Å². The van der Waals surface area contributed by atoms with E-state index in [1.54, 1.807) is 30.5 Å². The predicted molar refractivity (Wildman–Crippen MR) is 145 cm³/mol. The topological polar surface area (TPSA) is 116 Å². The highest BCUT2D eigenvalue weighted by Crippen LogP contribution is 2.39. The van der Waals surface area contributed by atoms with Gasteiger partial charge in [0.15, 0.2) is 11.6 Å². The van der Waals surface area contributed by atoms with Crippen LogP contribution in [0.3, 0.4) is 0 Å². The number of morpholine rings is 1. The number of fused-ring (bicyclic) bond motifs is 2. The Labute approximate surface area is 217 Å². The molecule has 0 unspecified atom stereocenters. The fourth-order valence-electron chi connectivity index (χ4n) is 4.49. The third-order valence-corrected chi connectivity index (χ3v) is 7.53. The zero-order chi connectivity index (χ0) is 25.4. The minimum atomic E-state index is -0.603. The van der Waals surface area contributed by atoms with Crippen molar-refractivity contribution in [1.29, 1.82) is 0 Å². The number of carbonyl (C=O) groups excluding carboxylic acids is 1. The summed E-state index contributed by atoms with van der Waals surface area (Å²) >= 11 is 1.62. The van der Waals surface area contributed by atoms with Gasteiger partial charge in [0.05, 0.1) is 41.2 Å². The van der Waals surface area contributed by atoms with Gasteiger partial charge in [0.25, 0.3) is 5.91 Å². The predicted octanol–water partition coefficient (Wildman–Crippen LogP) is 3.85. The lowest BCUT2D eigenvalue weighted by atomic mass is 10.1. The number of rotatable bonds is 6. The number of nitrogens with zero attached hydrogens (tertiary/aromatic N) is 4. The van der Waals surface area contributed by atoms with Crippen LogP contribution in [-0.4, -0.2) is 70.1 Å². The number of thiophene rings is 1. The van der Waals surface area contributed by atoms with Crippen molar-refractivity contribution in [2.75, 3.05) is 37.7 Å². The number of carbonyl (C=O) groups is 1. The standard InChI is InChI=1S/C27H26N6O3S/c1-16(34)14-28-27(35)18-5-2-4-17(12-18)23-13-22-24(37-23)26(33-8-10-36-11-9-33)31-25(30-22)19-6-3-7-21-20(19)15-29-32-21/h2-7,12-13,15-16,34H,8-11,14H2,1H3,(H,28,35)(H,29,32)/t16-/m0/s1.